The summed E-state index contributed by atoms with van der Waals surface area (Å²) in [5.74, 6) is -0.125. The summed E-state index contributed by atoms with van der Waals surface area (Å²) in [6.45, 7) is 4.91. The van der Waals surface area contributed by atoms with Crippen molar-refractivity contribution < 1.29 is 24.2 Å². The summed E-state index contributed by atoms with van der Waals surface area (Å²) in [5.41, 5.74) is 2.26. The Balaban J connectivity index is 1.62. The minimum atomic E-state index is -1.04. The Bertz CT molecular complexity index is 1440. The number of likely N-dealkylation sites (N-methyl/N-ethyl adjacent to an activating group) is 1. The lowest BCUT2D eigenvalue weighted by Gasteiger charge is -2.15. The predicted molar refractivity (Wildman–Crippen MR) is 155 cm³/mol. The lowest BCUT2D eigenvalue weighted by molar-refractivity contribution is -0.122. The van der Waals surface area contributed by atoms with Crippen LogP contribution >= 0.6 is 39.3 Å². The van der Waals surface area contributed by atoms with E-state index in [1.165, 1.54) is 23.9 Å². The van der Waals surface area contributed by atoms with Crippen molar-refractivity contribution in [3.8, 4) is 11.5 Å². The average Bonchev–Trinajstić information content (AvgIpc) is 3.17. The van der Waals surface area contributed by atoms with Gasteiger partial charge in [-0.25, -0.2) is 9.79 Å². The van der Waals surface area contributed by atoms with E-state index in [-0.39, 0.29) is 11.5 Å². The van der Waals surface area contributed by atoms with E-state index in [9.17, 15) is 14.7 Å². The number of rotatable bonds is 9. The predicted octanol–water partition coefficient (Wildman–Crippen LogP) is 7.40. The quantitative estimate of drug-likeness (QED) is 0.252. The highest BCUT2D eigenvalue weighted by atomic mass is 79.9. The van der Waals surface area contributed by atoms with Crippen LogP contribution in [0.15, 0.2) is 75.0 Å². The first-order chi connectivity index (χ1) is 18.3. The van der Waals surface area contributed by atoms with Crippen molar-refractivity contribution in [3.05, 3.63) is 91.8 Å². The summed E-state index contributed by atoms with van der Waals surface area (Å²) >= 11 is 10.9. The summed E-state index contributed by atoms with van der Waals surface area (Å²) in [4.78, 5) is 31.1. The highest BCUT2D eigenvalue weighted by Crippen LogP contribution is 2.40. The molecule has 4 rings (SSSR count). The average molecular weight is 616 g/mol. The number of carbonyl (C=O) groups excluding carboxylic acids is 1. The topological polar surface area (TPSA) is 88.4 Å². The van der Waals surface area contributed by atoms with Crippen LogP contribution in [-0.2, 0) is 11.4 Å². The zero-order chi connectivity index (χ0) is 27.2. The number of carboxylic acids is 1. The highest BCUT2D eigenvalue weighted by molar-refractivity contribution is 9.10. The number of nitrogens with zero attached hydrogens (tertiary/aromatic N) is 2. The number of hydrogen-bond donors (Lipinski definition) is 1. The molecule has 1 fully saturated rings. The third-order valence-electron chi connectivity index (χ3n) is 5.42. The maximum Gasteiger partial charge on any atom is 0.335 e. The molecule has 0 saturated carbocycles. The maximum absolute atomic E-state index is 13.1. The molecule has 1 aliphatic rings. The largest absolute Gasteiger partial charge is 0.490 e. The fourth-order valence-electron chi connectivity index (χ4n) is 3.70. The van der Waals surface area contributed by atoms with Gasteiger partial charge in [-0.2, -0.15) is 0 Å². The van der Waals surface area contributed by atoms with E-state index >= 15 is 0 Å². The molecule has 196 valence electrons. The molecule has 0 radical (unpaired) electrons. The van der Waals surface area contributed by atoms with Crippen LogP contribution < -0.4 is 9.47 Å². The Morgan fingerprint density at radius 3 is 2.63 bits per heavy atom. The van der Waals surface area contributed by atoms with Gasteiger partial charge in [0.15, 0.2) is 16.7 Å². The Morgan fingerprint density at radius 1 is 1.13 bits per heavy atom. The molecule has 1 aliphatic heterocycles. The summed E-state index contributed by atoms with van der Waals surface area (Å²) in [6.07, 6.45) is 1.78. The maximum atomic E-state index is 13.1. The van der Waals surface area contributed by atoms with Gasteiger partial charge >= 0.3 is 5.97 Å². The summed E-state index contributed by atoms with van der Waals surface area (Å²) < 4.78 is 12.6. The number of amides is 1. The van der Waals surface area contributed by atoms with E-state index in [0.29, 0.717) is 56.5 Å². The molecule has 38 heavy (non-hydrogen) atoms. The molecule has 10 heteroatoms. The van der Waals surface area contributed by atoms with Crippen molar-refractivity contribution in [1.29, 1.82) is 0 Å². The Morgan fingerprint density at radius 2 is 1.92 bits per heavy atom. The van der Waals surface area contributed by atoms with E-state index in [4.69, 9.17) is 21.1 Å². The van der Waals surface area contributed by atoms with Gasteiger partial charge in [0.25, 0.3) is 5.91 Å². The number of halogens is 2. The highest BCUT2D eigenvalue weighted by Gasteiger charge is 2.32. The van der Waals surface area contributed by atoms with Gasteiger partial charge in [0.05, 0.1) is 27.2 Å². The van der Waals surface area contributed by atoms with Crippen LogP contribution in [0.3, 0.4) is 0 Å². The molecule has 0 unspecified atom stereocenters. The van der Waals surface area contributed by atoms with Crippen molar-refractivity contribution in [2.45, 2.75) is 20.5 Å². The van der Waals surface area contributed by atoms with Gasteiger partial charge in [-0.3, -0.25) is 9.69 Å². The molecular weight excluding hydrogens is 592 g/mol. The zero-order valence-electron chi connectivity index (χ0n) is 20.6. The fourth-order valence-corrected chi connectivity index (χ4v) is 5.55. The molecule has 0 aromatic heterocycles. The molecule has 1 N–H and O–H groups in total. The minimum absolute atomic E-state index is 0.131. The van der Waals surface area contributed by atoms with E-state index in [1.807, 2.05) is 44.2 Å². The van der Waals surface area contributed by atoms with Crippen molar-refractivity contribution in [3.63, 3.8) is 0 Å². The number of thioether (sulfide) groups is 1. The summed E-state index contributed by atoms with van der Waals surface area (Å²) in [6, 6.07) is 17.4. The van der Waals surface area contributed by atoms with Gasteiger partial charge in [0.1, 0.15) is 6.61 Å². The SMILES string of the molecule is CCOc1cc(/C=C2\SC(=Nc3cccc(C(=O)O)c3)N(CC)C2=O)cc(Br)c1OCc1cccc(Cl)c1. The van der Waals surface area contributed by atoms with Crippen LogP contribution in [0.25, 0.3) is 6.08 Å². The van der Waals surface area contributed by atoms with Crippen LogP contribution in [0.2, 0.25) is 5.02 Å². The Hall–Kier alpha value is -3.27. The monoisotopic (exact) mass is 614 g/mol. The molecule has 0 spiro atoms. The third-order valence-corrected chi connectivity index (χ3v) is 7.25. The molecule has 0 aliphatic carbocycles. The van der Waals surface area contributed by atoms with Crippen molar-refractivity contribution in [2.24, 2.45) is 4.99 Å². The molecular formula is C28H24BrClN2O5S. The molecule has 3 aromatic carbocycles. The summed E-state index contributed by atoms with van der Waals surface area (Å²) in [7, 11) is 0. The molecule has 1 amide bonds. The van der Waals surface area contributed by atoms with Crippen LogP contribution in [0.4, 0.5) is 5.69 Å². The lowest BCUT2D eigenvalue weighted by atomic mass is 10.1. The van der Waals surface area contributed by atoms with Gasteiger partial charge < -0.3 is 14.6 Å². The van der Waals surface area contributed by atoms with Crippen LogP contribution in [0, 0.1) is 0 Å². The molecule has 0 atom stereocenters. The van der Waals surface area contributed by atoms with Crippen molar-refractivity contribution >= 4 is 68.1 Å². The van der Waals surface area contributed by atoms with E-state index in [0.717, 1.165) is 11.1 Å². The smallest absolute Gasteiger partial charge is 0.335 e. The van der Waals surface area contributed by atoms with Gasteiger partial charge in [-0.05, 0) is 101 Å². The Kier molecular flexibility index (Phi) is 9.14. The summed E-state index contributed by atoms with van der Waals surface area (Å²) in [5, 5.41) is 10.4. The number of carboxylic acid groups (broad SMARTS) is 1. The Labute approximate surface area is 238 Å². The molecule has 0 bridgehead atoms. The standard InChI is InChI=1S/C28H24BrClN2O5S/c1-3-32-26(33)24(38-28(32)31-21-10-6-8-19(15-21)27(34)35)14-18-12-22(29)25(23(13-18)36-4-2)37-16-17-7-5-9-20(30)11-17/h5-15H,3-4,16H2,1-2H3,(H,34,35)/b24-14-,31-28?. The van der Waals surface area contributed by atoms with Gasteiger partial charge in [-0.1, -0.05) is 29.8 Å². The van der Waals surface area contributed by atoms with Crippen molar-refractivity contribution in [1.82, 2.24) is 4.90 Å². The normalized spacial score (nSPS) is 15.4. The van der Waals surface area contributed by atoms with Gasteiger partial charge in [-0.15, -0.1) is 0 Å². The second-order valence-electron chi connectivity index (χ2n) is 8.09. The molecule has 3 aromatic rings. The first-order valence-electron chi connectivity index (χ1n) is 11.8. The number of ether oxygens (including phenoxy) is 2. The number of aromatic carboxylic acids is 1. The van der Waals surface area contributed by atoms with Crippen LogP contribution in [0.1, 0.15) is 35.3 Å². The number of aliphatic imine (C=N–C) groups is 1. The number of hydrogen-bond acceptors (Lipinski definition) is 6. The van der Waals surface area contributed by atoms with Crippen LogP contribution in [-0.4, -0.2) is 40.2 Å². The number of amidine groups is 1. The van der Waals surface area contributed by atoms with Crippen molar-refractivity contribution in [2.75, 3.05) is 13.2 Å². The van der Waals surface area contributed by atoms with Gasteiger partial charge in [0.2, 0.25) is 0 Å². The first-order valence-corrected chi connectivity index (χ1v) is 13.7. The van der Waals surface area contributed by atoms with Crippen LogP contribution in [0.5, 0.6) is 11.5 Å². The van der Waals surface area contributed by atoms with E-state index in [2.05, 4.69) is 20.9 Å². The molecule has 1 saturated heterocycles. The number of carbonyl (C=O) groups is 2. The lowest BCUT2D eigenvalue weighted by Crippen LogP contribution is -2.28. The number of benzene rings is 3. The minimum Gasteiger partial charge on any atom is -0.490 e. The zero-order valence-corrected chi connectivity index (χ0v) is 23.8. The first kappa shape index (κ1) is 27.8. The third kappa shape index (κ3) is 6.59. The molecule has 1 heterocycles. The second-order valence-corrected chi connectivity index (χ2v) is 10.4. The second kappa shape index (κ2) is 12.5. The molecule has 7 nitrogen and oxygen atoms in total. The van der Waals surface area contributed by atoms with Gasteiger partial charge in [0, 0.05) is 11.6 Å². The van der Waals surface area contributed by atoms with E-state index in [1.54, 1.807) is 29.2 Å². The van der Waals surface area contributed by atoms with E-state index < -0.39 is 5.97 Å². The fraction of sp³-hybridized carbons (Fsp3) is 0.179.